The van der Waals surface area contributed by atoms with Crippen LogP contribution in [0.1, 0.15) is 28.4 Å². The van der Waals surface area contributed by atoms with Crippen molar-refractivity contribution in [2.24, 2.45) is 4.99 Å². The zero-order chi connectivity index (χ0) is 15.2. The highest BCUT2D eigenvalue weighted by molar-refractivity contribution is 5.93. The zero-order valence-corrected chi connectivity index (χ0v) is 12.0. The van der Waals surface area contributed by atoms with Gasteiger partial charge in [0.25, 0.3) is 0 Å². The van der Waals surface area contributed by atoms with Gasteiger partial charge in [0, 0.05) is 11.8 Å². The number of carboxylic acids is 1. The highest BCUT2D eigenvalue weighted by Crippen LogP contribution is 2.21. The minimum Gasteiger partial charge on any atom is -0.493 e. The molecule has 0 saturated carbocycles. The summed E-state index contributed by atoms with van der Waals surface area (Å²) in [5, 5.41) is 9.07. The Morgan fingerprint density at radius 1 is 1.29 bits per heavy atom. The number of aliphatic imine (C=N–C) groups is 1. The van der Waals surface area contributed by atoms with E-state index >= 15 is 0 Å². The lowest BCUT2D eigenvalue weighted by molar-refractivity contribution is 0.0697. The van der Waals surface area contributed by atoms with Crippen LogP contribution in [0.15, 0.2) is 47.5 Å². The lowest BCUT2D eigenvalue weighted by Gasteiger charge is -2.08. The van der Waals surface area contributed by atoms with Crippen LogP contribution in [0.3, 0.4) is 0 Å². The molecule has 2 rings (SSSR count). The van der Waals surface area contributed by atoms with E-state index in [1.807, 2.05) is 38.1 Å². The number of aromatic carboxylic acids is 1. The van der Waals surface area contributed by atoms with Crippen LogP contribution in [0.5, 0.6) is 5.75 Å². The first-order chi connectivity index (χ1) is 10.1. The van der Waals surface area contributed by atoms with Gasteiger partial charge < -0.3 is 9.84 Å². The third-order valence-corrected chi connectivity index (χ3v) is 3.01. The number of aryl methyl sites for hydroxylation is 1. The zero-order valence-electron chi connectivity index (χ0n) is 12.0. The van der Waals surface area contributed by atoms with Crippen molar-refractivity contribution in [3.63, 3.8) is 0 Å². The van der Waals surface area contributed by atoms with Gasteiger partial charge in [0.2, 0.25) is 0 Å². The fourth-order valence-electron chi connectivity index (χ4n) is 1.92. The molecule has 0 aliphatic rings. The number of nitrogens with zero attached hydrogens (tertiary/aromatic N) is 1. The molecule has 0 aliphatic heterocycles. The molecule has 1 N–H and O–H groups in total. The van der Waals surface area contributed by atoms with Crippen LogP contribution in [-0.4, -0.2) is 23.9 Å². The molecule has 21 heavy (non-hydrogen) atoms. The number of ether oxygens (including phenoxy) is 1. The van der Waals surface area contributed by atoms with Gasteiger partial charge in [-0.05, 0) is 43.7 Å². The average Bonchev–Trinajstić information content (AvgIpc) is 2.47. The normalized spacial score (nSPS) is 10.8. The molecule has 0 radical (unpaired) electrons. The van der Waals surface area contributed by atoms with E-state index in [2.05, 4.69) is 4.99 Å². The Morgan fingerprint density at radius 2 is 2.05 bits per heavy atom. The summed E-state index contributed by atoms with van der Waals surface area (Å²) < 4.78 is 5.51. The molecular formula is C17H17NO3. The molecule has 0 bridgehead atoms. The van der Waals surface area contributed by atoms with E-state index in [1.54, 1.807) is 18.3 Å². The number of hydrogen-bond donors (Lipinski definition) is 1. The first kappa shape index (κ1) is 14.8. The largest absolute Gasteiger partial charge is 0.493 e. The number of para-hydroxylation sites is 1. The van der Waals surface area contributed by atoms with Gasteiger partial charge in [0.05, 0.1) is 17.9 Å². The molecule has 2 aromatic rings. The van der Waals surface area contributed by atoms with Crippen molar-refractivity contribution in [1.82, 2.24) is 0 Å². The molecule has 4 nitrogen and oxygen atoms in total. The molecule has 0 unspecified atom stereocenters. The third kappa shape index (κ3) is 3.69. The number of hydrogen-bond acceptors (Lipinski definition) is 3. The van der Waals surface area contributed by atoms with Crippen LogP contribution in [0.4, 0.5) is 5.69 Å². The highest BCUT2D eigenvalue weighted by Gasteiger charge is 2.08. The van der Waals surface area contributed by atoms with Gasteiger partial charge in [0.1, 0.15) is 5.75 Å². The first-order valence-corrected chi connectivity index (χ1v) is 6.71. The van der Waals surface area contributed by atoms with Gasteiger partial charge in [-0.3, -0.25) is 4.99 Å². The summed E-state index contributed by atoms with van der Waals surface area (Å²) in [6.45, 7) is 4.37. The van der Waals surface area contributed by atoms with Gasteiger partial charge in [0.15, 0.2) is 0 Å². The van der Waals surface area contributed by atoms with Gasteiger partial charge in [-0.15, -0.1) is 0 Å². The number of carboxylic acid groups (broad SMARTS) is 1. The summed E-state index contributed by atoms with van der Waals surface area (Å²) in [5.41, 5.74) is 2.77. The summed E-state index contributed by atoms with van der Waals surface area (Å²) >= 11 is 0. The Bertz CT molecular complexity index is 677. The maximum absolute atomic E-state index is 11.1. The molecule has 0 fully saturated rings. The molecule has 0 atom stereocenters. The minimum atomic E-state index is -0.969. The van der Waals surface area contributed by atoms with Crippen molar-refractivity contribution in [1.29, 1.82) is 0 Å². The second kappa shape index (κ2) is 6.70. The molecule has 4 heteroatoms. The quantitative estimate of drug-likeness (QED) is 0.848. The van der Waals surface area contributed by atoms with E-state index in [0.29, 0.717) is 17.9 Å². The molecule has 0 aliphatic carbocycles. The van der Waals surface area contributed by atoms with Crippen molar-refractivity contribution < 1.29 is 14.6 Å². The molecule has 0 amide bonds. The summed E-state index contributed by atoms with van der Waals surface area (Å²) in [5.74, 6) is -0.344. The first-order valence-electron chi connectivity index (χ1n) is 6.71. The van der Waals surface area contributed by atoms with E-state index in [0.717, 1.165) is 11.3 Å². The molecule has 108 valence electrons. The minimum absolute atomic E-state index is 0.213. The highest BCUT2D eigenvalue weighted by atomic mass is 16.5. The Hall–Kier alpha value is -2.62. The molecule has 0 spiro atoms. The van der Waals surface area contributed by atoms with E-state index in [-0.39, 0.29) is 5.56 Å². The van der Waals surface area contributed by atoms with Crippen LogP contribution in [-0.2, 0) is 0 Å². The molecule has 0 heterocycles. The molecule has 0 aromatic heterocycles. The third-order valence-electron chi connectivity index (χ3n) is 3.01. The number of rotatable bonds is 5. The maximum atomic E-state index is 11.1. The fraction of sp³-hybridized carbons (Fsp3) is 0.176. The Balaban J connectivity index is 2.39. The second-order valence-electron chi connectivity index (χ2n) is 4.54. The van der Waals surface area contributed by atoms with E-state index in [1.165, 1.54) is 6.07 Å². The van der Waals surface area contributed by atoms with Gasteiger partial charge in [-0.2, -0.15) is 0 Å². The van der Waals surface area contributed by atoms with E-state index < -0.39 is 5.97 Å². The predicted octanol–water partition coefficient (Wildman–Crippen LogP) is 3.84. The second-order valence-corrected chi connectivity index (χ2v) is 4.54. The fourth-order valence-corrected chi connectivity index (χ4v) is 1.92. The summed E-state index contributed by atoms with van der Waals surface area (Å²) in [6, 6.07) is 12.5. The van der Waals surface area contributed by atoms with Crippen LogP contribution < -0.4 is 4.74 Å². The number of carbonyl (C=O) groups is 1. The standard InChI is InChI=1S/C17H17NO3/c1-3-21-16-9-8-13(17(19)20)10-14(16)11-18-15-7-5-4-6-12(15)2/h4-11H,3H2,1-2H3,(H,19,20). The van der Waals surface area contributed by atoms with Crippen molar-refractivity contribution in [3.8, 4) is 5.75 Å². The topological polar surface area (TPSA) is 58.9 Å². The molecule has 2 aromatic carbocycles. The molecular weight excluding hydrogens is 266 g/mol. The van der Waals surface area contributed by atoms with Crippen LogP contribution >= 0.6 is 0 Å². The maximum Gasteiger partial charge on any atom is 0.335 e. The smallest absolute Gasteiger partial charge is 0.335 e. The van der Waals surface area contributed by atoms with Crippen molar-refractivity contribution in [2.75, 3.05) is 6.61 Å². The van der Waals surface area contributed by atoms with Crippen LogP contribution in [0, 0.1) is 6.92 Å². The van der Waals surface area contributed by atoms with E-state index in [4.69, 9.17) is 9.84 Å². The Labute approximate surface area is 123 Å². The van der Waals surface area contributed by atoms with Gasteiger partial charge >= 0.3 is 5.97 Å². The lowest BCUT2D eigenvalue weighted by Crippen LogP contribution is -2.01. The summed E-state index contributed by atoms with van der Waals surface area (Å²) in [7, 11) is 0. The Kier molecular flexibility index (Phi) is 4.72. The number of benzene rings is 2. The monoisotopic (exact) mass is 283 g/mol. The van der Waals surface area contributed by atoms with Gasteiger partial charge in [-0.25, -0.2) is 4.79 Å². The SMILES string of the molecule is CCOc1ccc(C(=O)O)cc1C=Nc1ccccc1C. The van der Waals surface area contributed by atoms with Gasteiger partial charge in [-0.1, -0.05) is 18.2 Å². The predicted molar refractivity (Wildman–Crippen MR) is 83.0 cm³/mol. The average molecular weight is 283 g/mol. The lowest BCUT2D eigenvalue weighted by atomic mass is 10.1. The summed E-state index contributed by atoms with van der Waals surface area (Å²) in [6.07, 6.45) is 1.64. The van der Waals surface area contributed by atoms with Crippen LogP contribution in [0.25, 0.3) is 0 Å². The van der Waals surface area contributed by atoms with Crippen molar-refractivity contribution >= 4 is 17.9 Å². The molecule has 0 saturated heterocycles. The van der Waals surface area contributed by atoms with Crippen LogP contribution in [0.2, 0.25) is 0 Å². The Morgan fingerprint density at radius 3 is 2.71 bits per heavy atom. The van der Waals surface area contributed by atoms with Crippen molar-refractivity contribution in [3.05, 3.63) is 59.2 Å². The van der Waals surface area contributed by atoms with Crippen molar-refractivity contribution in [2.45, 2.75) is 13.8 Å². The summed E-state index contributed by atoms with van der Waals surface area (Å²) in [4.78, 5) is 15.5. The van der Waals surface area contributed by atoms with E-state index in [9.17, 15) is 4.79 Å².